The predicted octanol–water partition coefficient (Wildman–Crippen LogP) is 3.42. The molecule has 0 aliphatic heterocycles. The molecule has 1 aromatic carbocycles. The number of pyridine rings is 1. The molecule has 102 valence electrons. The minimum absolute atomic E-state index is 0.0421. The summed E-state index contributed by atoms with van der Waals surface area (Å²) in [7, 11) is 0. The van der Waals surface area contributed by atoms with E-state index in [2.05, 4.69) is 16.2 Å². The lowest BCUT2D eigenvalue weighted by Gasteiger charge is -2.14. The van der Waals surface area contributed by atoms with Crippen molar-refractivity contribution in [1.82, 2.24) is 10.3 Å². The van der Waals surface area contributed by atoms with Crippen molar-refractivity contribution in [2.75, 3.05) is 0 Å². The number of hydrogen-bond acceptors (Lipinski definition) is 2. The first-order chi connectivity index (χ1) is 9.65. The van der Waals surface area contributed by atoms with Gasteiger partial charge in [-0.25, -0.2) is 4.98 Å². The number of amides is 1. The molecule has 0 bridgehead atoms. The molecule has 1 atom stereocenters. The van der Waals surface area contributed by atoms with Gasteiger partial charge in [0.2, 0.25) is 0 Å². The van der Waals surface area contributed by atoms with E-state index in [0.29, 0.717) is 17.3 Å². The Balaban J connectivity index is 2.29. The van der Waals surface area contributed by atoms with Gasteiger partial charge < -0.3 is 5.32 Å². The molecule has 2 rings (SSSR count). The first-order valence-corrected chi connectivity index (χ1v) is 6.83. The van der Waals surface area contributed by atoms with Gasteiger partial charge in [0, 0.05) is 17.8 Å². The molecule has 1 amide bonds. The van der Waals surface area contributed by atoms with Crippen LogP contribution in [0.15, 0.2) is 30.3 Å². The van der Waals surface area contributed by atoms with Crippen LogP contribution in [0.25, 0.3) is 10.8 Å². The predicted molar refractivity (Wildman–Crippen MR) is 81.7 cm³/mol. The van der Waals surface area contributed by atoms with Gasteiger partial charge in [0.1, 0.15) is 10.8 Å². The summed E-state index contributed by atoms with van der Waals surface area (Å²) in [6.45, 7) is 1.98. The Kier molecular flexibility index (Phi) is 4.60. The monoisotopic (exact) mass is 286 g/mol. The molecule has 1 heterocycles. The van der Waals surface area contributed by atoms with Gasteiger partial charge in [0.25, 0.3) is 5.91 Å². The summed E-state index contributed by atoms with van der Waals surface area (Å²) >= 11 is 6.11. The molecular weight excluding hydrogens is 272 g/mol. The molecule has 2 aromatic rings. The fourth-order valence-corrected chi connectivity index (χ4v) is 2.23. The van der Waals surface area contributed by atoms with Crippen LogP contribution in [-0.4, -0.2) is 16.9 Å². The van der Waals surface area contributed by atoms with Crippen molar-refractivity contribution in [2.24, 2.45) is 0 Å². The number of carbonyl (C=O) groups excluding carboxylic acids is 1. The number of benzene rings is 1. The molecule has 0 saturated heterocycles. The number of aromatic nitrogens is 1. The van der Waals surface area contributed by atoms with E-state index in [-0.39, 0.29) is 11.9 Å². The third kappa shape index (κ3) is 3.09. The van der Waals surface area contributed by atoms with Gasteiger partial charge in [-0.15, -0.1) is 12.3 Å². The molecule has 1 N–H and O–H groups in total. The molecule has 4 heteroatoms. The number of nitrogens with one attached hydrogen (secondary N) is 1. The quantitative estimate of drug-likeness (QED) is 0.691. The van der Waals surface area contributed by atoms with Crippen LogP contribution in [0, 0.1) is 12.3 Å². The SMILES string of the molecule is C#CCC(CC)NC(=O)c1cc2ccccc2c(Cl)n1. The standard InChI is InChI=1S/C16H15ClN2O/c1-3-7-12(4-2)18-16(20)14-10-11-8-5-6-9-13(11)15(17)19-14/h1,5-6,8-10,12H,4,7H2,2H3,(H,18,20). The summed E-state index contributed by atoms with van der Waals surface area (Å²) in [4.78, 5) is 16.3. The highest BCUT2D eigenvalue weighted by Crippen LogP contribution is 2.22. The molecule has 0 aliphatic carbocycles. The smallest absolute Gasteiger partial charge is 0.270 e. The summed E-state index contributed by atoms with van der Waals surface area (Å²) in [5, 5.41) is 4.93. The van der Waals surface area contributed by atoms with E-state index < -0.39 is 0 Å². The summed E-state index contributed by atoms with van der Waals surface area (Å²) in [5.41, 5.74) is 0.309. The highest BCUT2D eigenvalue weighted by Gasteiger charge is 2.14. The maximum absolute atomic E-state index is 12.2. The summed E-state index contributed by atoms with van der Waals surface area (Å²) in [5.74, 6) is 2.31. The zero-order chi connectivity index (χ0) is 14.5. The Morgan fingerprint density at radius 3 is 2.95 bits per heavy atom. The minimum atomic E-state index is -0.250. The number of carbonyl (C=O) groups is 1. The fraction of sp³-hybridized carbons (Fsp3) is 0.250. The average Bonchev–Trinajstić information content (AvgIpc) is 2.46. The van der Waals surface area contributed by atoms with Crippen LogP contribution in [0.5, 0.6) is 0 Å². The molecule has 0 fully saturated rings. The Morgan fingerprint density at radius 1 is 1.50 bits per heavy atom. The van der Waals surface area contributed by atoms with Crippen molar-refractivity contribution >= 4 is 28.3 Å². The van der Waals surface area contributed by atoms with Crippen molar-refractivity contribution in [3.63, 3.8) is 0 Å². The van der Waals surface area contributed by atoms with Gasteiger partial charge in [0.05, 0.1) is 0 Å². The number of terminal acetylenes is 1. The van der Waals surface area contributed by atoms with Gasteiger partial charge in [-0.1, -0.05) is 42.8 Å². The van der Waals surface area contributed by atoms with E-state index in [1.54, 1.807) is 6.07 Å². The molecule has 0 radical (unpaired) electrons. The van der Waals surface area contributed by atoms with E-state index in [9.17, 15) is 4.79 Å². The molecule has 1 unspecified atom stereocenters. The van der Waals surface area contributed by atoms with Crippen molar-refractivity contribution in [2.45, 2.75) is 25.8 Å². The van der Waals surface area contributed by atoms with E-state index in [4.69, 9.17) is 18.0 Å². The third-order valence-corrected chi connectivity index (χ3v) is 3.41. The lowest BCUT2D eigenvalue weighted by atomic mass is 10.1. The Hall–Kier alpha value is -2.05. The molecule has 0 aliphatic rings. The van der Waals surface area contributed by atoms with Gasteiger partial charge in [-0.2, -0.15) is 0 Å². The first-order valence-electron chi connectivity index (χ1n) is 6.45. The Morgan fingerprint density at radius 2 is 2.25 bits per heavy atom. The zero-order valence-electron chi connectivity index (χ0n) is 11.2. The van der Waals surface area contributed by atoms with Crippen molar-refractivity contribution < 1.29 is 4.79 Å². The number of hydrogen-bond donors (Lipinski definition) is 1. The Labute approximate surface area is 123 Å². The van der Waals surface area contributed by atoms with Crippen molar-refractivity contribution in [3.05, 3.63) is 41.2 Å². The van der Waals surface area contributed by atoms with Gasteiger partial charge in [-0.05, 0) is 17.9 Å². The van der Waals surface area contributed by atoms with Gasteiger partial charge in [-0.3, -0.25) is 4.79 Å². The van der Waals surface area contributed by atoms with E-state index in [0.717, 1.165) is 17.2 Å². The van der Waals surface area contributed by atoms with Crippen LogP contribution in [0.3, 0.4) is 0 Å². The maximum atomic E-state index is 12.2. The number of halogens is 1. The van der Waals surface area contributed by atoms with E-state index >= 15 is 0 Å². The fourth-order valence-electron chi connectivity index (χ4n) is 1.97. The maximum Gasteiger partial charge on any atom is 0.270 e. The normalized spacial score (nSPS) is 11.8. The Bertz CT molecular complexity index is 676. The average molecular weight is 287 g/mol. The van der Waals surface area contributed by atoms with Gasteiger partial charge >= 0.3 is 0 Å². The molecule has 0 saturated carbocycles. The van der Waals surface area contributed by atoms with Crippen LogP contribution in [-0.2, 0) is 0 Å². The summed E-state index contributed by atoms with van der Waals surface area (Å²) < 4.78 is 0. The van der Waals surface area contributed by atoms with Crippen LogP contribution >= 0.6 is 11.6 Å². The van der Waals surface area contributed by atoms with E-state index in [1.807, 2.05) is 31.2 Å². The molecule has 20 heavy (non-hydrogen) atoms. The molecule has 1 aromatic heterocycles. The van der Waals surface area contributed by atoms with E-state index in [1.165, 1.54) is 0 Å². The summed E-state index contributed by atoms with van der Waals surface area (Å²) in [6.07, 6.45) is 6.56. The van der Waals surface area contributed by atoms with Gasteiger partial charge in [0.15, 0.2) is 0 Å². The lowest BCUT2D eigenvalue weighted by Crippen LogP contribution is -2.34. The molecule has 0 spiro atoms. The third-order valence-electron chi connectivity index (χ3n) is 3.12. The minimum Gasteiger partial charge on any atom is -0.347 e. The zero-order valence-corrected chi connectivity index (χ0v) is 11.9. The number of rotatable bonds is 4. The van der Waals surface area contributed by atoms with Crippen molar-refractivity contribution in [1.29, 1.82) is 0 Å². The van der Waals surface area contributed by atoms with Crippen molar-refractivity contribution in [3.8, 4) is 12.3 Å². The van der Waals surface area contributed by atoms with Crippen LogP contribution in [0.1, 0.15) is 30.3 Å². The van der Waals surface area contributed by atoms with Crippen LogP contribution in [0.4, 0.5) is 0 Å². The van der Waals surface area contributed by atoms with Crippen LogP contribution < -0.4 is 5.32 Å². The summed E-state index contributed by atoms with van der Waals surface area (Å²) in [6, 6.07) is 9.25. The molecular formula is C16H15ClN2O. The molecule has 3 nitrogen and oxygen atoms in total. The number of fused-ring (bicyclic) bond motifs is 1. The lowest BCUT2D eigenvalue weighted by molar-refractivity contribution is 0.0932. The second-order valence-electron chi connectivity index (χ2n) is 4.51. The highest BCUT2D eigenvalue weighted by atomic mass is 35.5. The second-order valence-corrected chi connectivity index (χ2v) is 4.86. The van der Waals surface area contributed by atoms with Crippen LogP contribution in [0.2, 0.25) is 5.15 Å². The first kappa shape index (κ1) is 14.4. The largest absolute Gasteiger partial charge is 0.347 e. The number of nitrogens with zero attached hydrogens (tertiary/aromatic N) is 1. The topological polar surface area (TPSA) is 42.0 Å². The second kappa shape index (κ2) is 6.40. The highest BCUT2D eigenvalue weighted by molar-refractivity contribution is 6.34.